The highest BCUT2D eigenvalue weighted by Crippen LogP contribution is 2.23. The van der Waals surface area contributed by atoms with Gasteiger partial charge in [0.25, 0.3) is 0 Å². The Bertz CT molecular complexity index is 891. The molecular weight excluding hydrogens is 360 g/mol. The molecule has 9 heteroatoms. The number of carbonyl (C=O) groups is 1. The normalized spacial score (nSPS) is 11.8. The minimum Gasteiger partial charge on any atom is -0.325 e. The molecule has 0 radical (unpaired) electrons. The number of nitrogens with one attached hydrogen (secondary N) is 1. The van der Waals surface area contributed by atoms with E-state index in [1.807, 2.05) is 25.8 Å². The van der Waals surface area contributed by atoms with Crippen molar-refractivity contribution in [3.05, 3.63) is 39.3 Å². The molecule has 25 heavy (non-hydrogen) atoms. The van der Waals surface area contributed by atoms with Gasteiger partial charge in [-0.25, -0.2) is 18.5 Å². The summed E-state index contributed by atoms with van der Waals surface area (Å²) in [5.41, 5.74) is 2.01. The Morgan fingerprint density at radius 1 is 1.32 bits per heavy atom. The summed E-state index contributed by atoms with van der Waals surface area (Å²) in [4.78, 5) is 19.4. The van der Waals surface area contributed by atoms with Crippen molar-refractivity contribution in [2.24, 2.45) is 5.14 Å². The summed E-state index contributed by atoms with van der Waals surface area (Å²) in [5.74, 6) is -0.224. The Hall–Kier alpha value is -1.81. The molecule has 0 spiro atoms. The van der Waals surface area contributed by atoms with E-state index in [0.29, 0.717) is 12.2 Å². The van der Waals surface area contributed by atoms with E-state index in [1.165, 1.54) is 12.1 Å². The number of likely N-dealkylation sites (N-methyl/N-ethyl adjacent to an activating group) is 1. The van der Waals surface area contributed by atoms with Crippen LogP contribution in [0.4, 0.5) is 5.69 Å². The quantitative estimate of drug-likeness (QED) is 0.792. The number of carbonyl (C=O) groups excluding carboxylic acids is 1. The van der Waals surface area contributed by atoms with Crippen LogP contribution in [0.1, 0.15) is 21.0 Å². The summed E-state index contributed by atoms with van der Waals surface area (Å²) in [6, 6.07) is 2.89. The predicted molar refractivity (Wildman–Crippen MR) is 99.1 cm³/mol. The average molecular weight is 383 g/mol. The molecular formula is C16H22N4O3S2. The number of anilines is 1. The number of rotatable bonds is 6. The molecule has 0 aliphatic heterocycles. The largest absolute Gasteiger partial charge is 0.325 e. The van der Waals surface area contributed by atoms with Crippen LogP contribution in [0.5, 0.6) is 0 Å². The number of thiazole rings is 1. The highest BCUT2D eigenvalue weighted by atomic mass is 32.2. The number of benzene rings is 1. The fourth-order valence-corrected chi connectivity index (χ4v) is 3.85. The van der Waals surface area contributed by atoms with Crippen molar-refractivity contribution in [2.75, 3.05) is 18.9 Å². The minimum atomic E-state index is -3.83. The number of primary sulfonamides is 1. The number of aryl methyl sites for hydroxylation is 2. The first-order valence-electron chi connectivity index (χ1n) is 7.60. The maximum atomic E-state index is 12.3. The van der Waals surface area contributed by atoms with Crippen molar-refractivity contribution in [1.29, 1.82) is 0 Å². The fourth-order valence-electron chi connectivity index (χ4n) is 2.36. The summed E-state index contributed by atoms with van der Waals surface area (Å²) in [6.07, 6.45) is 1.80. The topological polar surface area (TPSA) is 105 Å². The van der Waals surface area contributed by atoms with Gasteiger partial charge in [0, 0.05) is 23.3 Å². The Labute approximate surface area is 151 Å². The summed E-state index contributed by atoms with van der Waals surface area (Å²) in [6.45, 7) is 6.33. The first kappa shape index (κ1) is 19.5. The molecule has 0 atom stereocenters. The fraction of sp³-hybridized carbons (Fsp3) is 0.375. The summed E-state index contributed by atoms with van der Waals surface area (Å²) in [7, 11) is -1.99. The van der Waals surface area contributed by atoms with Gasteiger partial charge >= 0.3 is 0 Å². The standard InChI is InChI=1S/C16H22N4O3S2/c1-10-5-14(25(17,22)23)6-15(11(10)2)19-16(21)9-20(4)8-13-7-18-12(3)24-13/h5-7H,8-9H2,1-4H3,(H,19,21)(H2,17,22,23). The van der Waals surface area contributed by atoms with Crippen LogP contribution < -0.4 is 10.5 Å². The molecule has 136 valence electrons. The number of aromatic nitrogens is 1. The van der Waals surface area contributed by atoms with Gasteiger partial charge in [0.1, 0.15) is 0 Å². The number of nitrogens with two attached hydrogens (primary N) is 1. The molecule has 2 rings (SSSR count). The molecule has 0 unspecified atom stereocenters. The van der Waals surface area contributed by atoms with Crippen LogP contribution in [-0.2, 0) is 21.4 Å². The van der Waals surface area contributed by atoms with Gasteiger partial charge in [0.15, 0.2) is 0 Å². The van der Waals surface area contributed by atoms with E-state index in [1.54, 1.807) is 24.5 Å². The molecule has 0 fully saturated rings. The molecule has 1 heterocycles. The van der Waals surface area contributed by atoms with Crippen LogP contribution in [0.2, 0.25) is 0 Å². The van der Waals surface area contributed by atoms with Crippen LogP contribution in [-0.4, -0.2) is 37.8 Å². The molecule has 7 nitrogen and oxygen atoms in total. The Kier molecular flexibility index (Phi) is 5.94. The zero-order chi connectivity index (χ0) is 18.8. The average Bonchev–Trinajstić information content (AvgIpc) is 2.87. The summed E-state index contributed by atoms with van der Waals surface area (Å²) >= 11 is 1.59. The van der Waals surface area contributed by atoms with Crippen LogP contribution >= 0.6 is 11.3 Å². The molecule has 0 aliphatic rings. The highest BCUT2D eigenvalue weighted by molar-refractivity contribution is 7.89. The van der Waals surface area contributed by atoms with E-state index >= 15 is 0 Å². The van der Waals surface area contributed by atoms with Crippen molar-refractivity contribution < 1.29 is 13.2 Å². The van der Waals surface area contributed by atoms with E-state index in [9.17, 15) is 13.2 Å². The van der Waals surface area contributed by atoms with Crippen molar-refractivity contribution in [1.82, 2.24) is 9.88 Å². The van der Waals surface area contributed by atoms with Crippen LogP contribution in [0.3, 0.4) is 0 Å². The first-order valence-corrected chi connectivity index (χ1v) is 9.96. The van der Waals surface area contributed by atoms with Crippen LogP contribution in [0.25, 0.3) is 0 Å². The second-order valence-corrected chi connectivity index (χ2v) is 8.90. The summed E-state index contributed by atoms with van der Waals surface area (Å²) in [5, 5.41) is 8.95. The molecule has 0 saturated heterocycles. The lowest BCUT2D eigenvalue weighted by Gasteiger charge is -2.17. The van der Waals surface area contributed by atoms with Crippen molar-refractivity contribution in [2.45, 2.75) is 32.2 Å². The minimum absolute atomic E-state index is 0.0145. The first-order chi connectivity index (χ1) is 11.6. The van der Waals surface area contributed by atoms with Crippen molar-refractivity contribution in [3.8, 4) is 0 Å². The third-order valence-electron chi connectivity index (χ3n) is 3.75. The Morgan fingerprint density at radius 3 is 2.56 bits per heavy atom. The second-order valence-electron chi connectivity index (χ2n) is 6.02. The van der Waals surface area contributed by atoms with E-state index in [0.717, 1.165) is 21.0 Å². The molecule has 0 aliphatic carbocycles. The van der Waals surface area contributed by atoms with Gasteiger partial charge in [0.05, 0.1) is 16.4 Å². The Morgan fingerprint density at radius 2 is 2.00 bits per heavy atom. The summed E-state index contributed by atoms with van der Waals surface area (Å²) < 4.78 is 23.1. The predicted octanol–water partition coefficient (Wildman–Crippen LogP) is 1.79. The molecule has 1 aromatic heterocycles. The maximum Gasteiger partial charge on any atom is 0.238 e. The van der Waals surface area contributed by atoms with E-state index in [4.69, 9.17) is 5.14 Å². The zero-order valence-corrected chi connectivity index (χ0v) is 16.3. The molecule has 2 aromatic rings. The lowest BCUT2D eigenvalue weighted by Crippen LogP contribution is -2.30. The molecule has 1 amide bonds. The number of hydrogen-bond acceptors (Lipinski definition) is 6. The SMILES string of the molecule is Cc1ncc(CN(C)CC(=O)Nc2cc(S(N)(=O)=O)cc(C)c2C)s1. The second kappa shape index (κ2) is 7.61. The molecule has 1 aromatic carbocycles. The van der Waals surface area contributed by atoms with Crippen molar-refractivity contribution in [3.63, 3.8) is 0 Å². The van der Waals surface area contributed by atoms with Gasteiger partial charge in [-0.1, -0.05) is 0 Å². The Balaban J connectivity index is 2.08. The van der Waals surface area contributed by atoms with E-state index in [-0.39, 0.29) is 17.3 Å². The lowest BCUT2D eigenvalue weighted by atomic mass is 10.1. The third kappa shape index (κ3) is 5.33. The number of sulfonamides is 1. The van der Waals surface area contributed by atoms with Gasteiger partial charge in [0.2, 0.25) is 15.9 Å². The monoisotopic (exact) mass is 382 g/mol. The highest BCUT2D eigenvalue weighted by Gasteiger charge is 2.15. The maximum absolute atomic E-state index is 12.3. The van der Waals surface area contributed by atoms with Crippen LogP contribution in [0.15, 0.2) is 23.2 Å². The van der Waals surface area contributed by atoms with E-state index in [2.05, 4.69) is 10.3 Å². The van der Waals surface area contributed by atoms with Gasteiger partial charge in [-0.05, 0) is 51.1 Å². The third-order valence-corrected chi connectivity index (χ3v) is 5.54. The number of nitrogens with zero attached hydrogens (tertiary/aromatic N) is 2. The zero-order valence-electron chi connectivity index (χ0n) is 14.7. The van der Waals surface area contributed by atoms with Gasteiger partial charge in [-0.2, -0.15) is 0 Å². The lowest BCUT2D eigenvalue weighted by molar-refractivity contribution is -0.117. The number of hydrogen-bond donors (Lipinski definition) is 2. The molecule has 0 bridgehead atoms. The van der Waals surface area contributed by atoms with E-state index < -0.39 is 10.0 Å². The van der Waals surface area contributed by atoms with Crippen LogP contribution in [0, 0.1) is 20.8 Å². The molecule has 0 saturated carbocycles. The number of amides is 1. The molecule has 3 N–H and O–H groups in total. The van der Waals surface area contributed by atoms with Gasteiger partial charge in [-0.3, -0.25) is 9.69 Å². The van der Waals surface area contributed by atoms with Gasteiger partial charge < -0.3 is 5.32 Å². The van der Waals surface area contributed by atoms with Crippen molar-refractivity contribution >= 4 is 33.0 Å². The smallest absolute Gasteiger partial charge is 0.238 e. The van der Waals surface area contributed by atoms with Gasteiger partial charge in [-0.15, -0.1) is 11.3 Å².